The van der Waals surface area contributed by atoms with Crippen LogP contribution in [0.3, 0.4) is 0 Å². The van der Waals surface area contributed by atoms with Crippen molar-refractivity contribution < 1.29 is 17.5 Å². The largest absolute Gasteiger partial charge is 0.607 e. The third-order valence-electron chi connectivity index (χ3n) is 2.64. The second kappa shape index (κ2) is 5.71. The number of rotatable bonds is 4. The fourth-order valence-corrected chi connectivity index (χ4v) is 2.54. The highest BCUT2D eigenvalue weighted by Gasteiger charge is 2.22. The van der Waals surface area contributed by atoms with Crippen LogP contribution in [0.25, 0.3) is 0 Å². The summed E-state index contributed by atoms with van der Waals surface area (Å²) in [5, 5.41) is 22.3. The topological polar surface area (TPSA) is 103 Å². The van der Waals surface area contributed by atoms with Crippen molar-refractivity contribution >= 4 is 21.9 Å². The van der Waals surface area contributed by atoms with Crippen molar-refractivity contribution in [2.45, 2.75) is 4.90 Å². The van der Waals surface area contributed by atoms with Gasteiger partial charge in [0, 0.05) is 17.7 Å². The molecule has 0 spiro atoms. The summed E-state index contributed by atoms with van der Waals surface area (Å²) in [4.78, 5) is 9.80. The third kappa shape index (κ3) is 3.23. The molecular weight excluding hydrogens is 296 g/mol. The molecule has 8 heteroatoms. The van der Waals surface area contributed by atoms with Gasteiger partial charge in [-0.05, 0) is 24.3 Å². The summed E-state index contributed by atoms with van der Waals surface area (Å²) in [6.45, 7) is 0. The van der Waals surface area contributed by atoms with Crippen LogP contribution in [0, 0.1) is 15.3 Å². The molecule has 0 unspecified atom stereocenters. The van der Waals surface area contributed by atoms with E-state index in [9.17, 15) is 23.7 Å². The maximum Gasteiger partial charge on any atom is 0.405 e. The Morgan fingerprint density at radius 3 is 2.00 bits per heavy atom. The molecule has 2 aromatic rings. The van der Waals surface area contributed by atoms with E-state index in [4.69, 9.17) is 0 Å². The van der Waals surface area contributed by atoms with Crippen LogP contribution in [0.5, 0.6) is 0 Å². The molecular formula is C13H10N2O5S. The summed E-state index contributed by atoms with van der Waals surface area (Å²) in [6.07, 6.45) is 0.853. The zero-order valence-electron chi connectivity index (χ0n) is 10.6. The summed E-state index contributed by atoms with van der Waals surface area (Å²) in [5.41, 5.74) is 0.102. The zero-order chi connectivity index (χ0) is 15.5. The second-order valence-corrected chi connectivity index (χ2v) is 5.83. The average Bonchev–Trinajstić information content (AvgIpc) is 2.48. The third-order valence-corrected chi connectivity index (χ3v) is 4.08. The SMILES string of the molecule is O=[N+]([O-])c1ccc(C=[N+]([O-])S(=O)(=O)c2ccccc2)cc1. The summed E-state index contributed by atoms with van der Waals surface area (Å²) < 4.78 is 23.8. The molecule has 0 atom stereocenters. The Bertz CT molecular complexity index is 783. The summed E-state index contributed by atoms with van der Waals surface area (Å²) in [5.74, 6) is 0. The first-order chi connectivity index (χ1) is 9.91. The number of non-ortho nitro benzene ring substituents is 1. The smallest absolute Gasteiger partial charge is 0.405 e. The van der Waals surface area contributed by atoms with Crippen LogP contribution < -0.4 is 0 Å². The van der Waals surface area contributed by atoms with Gasteiger partial charge in [0.15, 0.2) is 0 Å². The predicted molar refractivity (Wildman–Crippen MR) is 75.5 cm³/mol. The standard InChI is InChI=1S/C13H10N2O5S/c16-14(21(19,20)13-4-2-1-3-5-13)10-11-6-8-12(9-7-11)15(17)18/h1-10H. The Morgan fingerprint density at radius 1 is 0.905 bits per heavy atom. The van der Waals surface area contributed by atoms with Crippen LogP contribution in [-0.2, 0) is 10.0 Å². The summed E-state index contributed by atoms with van der Waals surface area (Å²) in [6, 6.07) is 12.2. The lowest BCUT2D eigenvalue weighted by atomic mass is 10.2. The van der Waals surface area contributed by atoms with Gasteiger partial charge in [0.25, 0.3) is 5.69 Å². The minimum Gasteiger partial charge on any atom is -0.607 e. The Kier molecular flexibility index (Phi) is 3.99. The maximum absolute atomic E-state index is 12.0. The van der Waals surface area contributed by atoms with Crippen molar-refractivity contribution in [2.75, 3.05) is 0 Å². The molecule has 108 valence electrons. The molecule has 0 fully saturated rings. The number of nitro benzene ring substituents is 1. The molecule has 2 aromatic carbocycles. The van der Waals surface area contributed by atoms with Crippen LogP contribution >= 0.6 is 0 Å². The van der Waals surface area contributed by atoms with E-state index >= 15 is 0 Å². The number of sulfonamides is 1. The summed E-state index contributed by atoms with van der Waals surface area (Å²) >= 11 is 0. The van der Waals surface area contributed by atoms with E-state index in [2.05, 4.69) is 0 Å². The molecule has 2 rings (SSSR count). The zero-order valence-corrected chi connectivity index (χ0v) is 11.4. The van der Waals surface area contributed by atoms with Crippen molar-refractivity contribution in [2.24, 2.45) is 0 Å². The molecule has 0 N–H and O–H groups in total. The van der Waals surface area contributed by atoms with Crippen LogP contribution in [0.4, 0.5) is 5.69 Å². The minimum absolute atomic E-state index is 0.127. The highest BCUT2D eigenvalue weighted by Crippen LogP contribution is 2.13. The second-order valence-electron chi connectivity index (χ2n) is 4.05. The lowest BCUT2D eigenvalue weighted by Crippen LogP contribution is -2.17. The normalized spacial score (nSPS) is 12.1. The summed E-state index contributed by atoms with van der Waals surface area (Å²) in [7, 11) is -4.18. The molecule has 0 aliphatic rings. The molecule has 0 saturated heterocycles. The van der Waals surface area contributed by atoms with Gasteiger partial charge in [0.1, 0.15) is 4.90 Å². The van der Waals surface area contributed by atoms with Gasteiger partial charge < -0.3 is 5.21 Å². The minimum atomic E-state index is -4.18. The molecule has 0 aromatic heterocycles. The lowest BCUT2D eigenvalue weighted by molar-refractivity contribution is -0.384. The number of hydrogen-bond donors (Lipinski definition) is 0. The highest BCUT2D eigenvalue weighted by atomic mass is 32.2. The van der Waals surface area contributed by atoms with E-state index < -0.39 is 14.9 Å². The maximum atomic E-state index is 12.0. The van der Waals surface area contributed by atoms with Gasteiger partial charge in [-0.15, -0.1) is 0 Å². The van der Waals surface area contributed by atoms with Gasteiger partial charge in [0.2, 0.25) is 6.21 Å². The van der Waals surface area contributed by atoms with Crippen molar-refractivity contribution in [3.63, 3.8) is 0 Å². The van der Waals surface area contributed by atoms with Gasteiger partial charge in [0.05, 0.1) is 4.92 Å². The first-order valence-electron chi connectivity index (χ1n) is 5.77. The van der Waals surface area contributed by atoms with Gasteiger partial charge >= 0.3 is 10.0 Å². The molecule has 21 heavy (non-hydrogen) atoms. The van der Waals surface area contributed by atoms with E-state index in [1.165, 1.54) is 48.5 Å². The van der Waals surface area contributed by atoms with Crippen LogP contribution in [0.2, 0.25) is 0 Å². The number of nitro groups is 1. The highest BCUT2D eigenvalue weighted by molar-refractivity contribution is 7.85. The quantitative estimate of drug-likeness (QED) is 0.282. The molecule has 0 amide bonds. The van der Waals surface area contributed by atoms with Crippen molar-refractivity contribution in [3.05, 3.63) is 75.5 Å². The Labute approximate surface area is 120 Å². The van der Waals surface area contributed by atoms with Crippen molar-refractivity contribution in [1.29, 1.82) is 0 Å². The Balaban J connectivity index is 2.35. The average molecular weight is 306 g/mol. The number of hydrogen-bond acceptors (Lipinski definition) is 5. The first kappa shape index (κ1) is 14.7. The lowest BCUT2D eigenvalue weighted by Gasteiger charge is -2.04. The predicted octanol–water partition coefficient (Wildman–Crippen LogP) is 1.91. The number of benzene rings is 2. The first-order valence-corrected chi connectivity index (χ1v) is 7.21. The molecule has 0 heterocycles. The molecule has 7 nitrogen and oxygen atoms in total. The molecule has 0 aliphatic carbocycles. The van der Waals surface area contributed by atoms with Gasteiger partial charge in [-0.25, -0.2) is 0 Å². The monoisotopic (exact) mass is 306 g/mol. The fraction of sp³-hybridized carbons (Fsp3) is 0. The van der Waals surface area contributed by atoms with Crippen LogP contribution in [0.15, 0.2) is 59.5 Å². The molecule has 0 saturated carbocycles. The van der Waals surface area contributed by atoms with E-state index in [1.807, 2.05) is 0 Å². The molecule has 0 aliphatic heterocycles. The van der Waals surface area contributed by atoms with Crippen LogP contribution in [0.1, 0.15) is 5.56 Å². The van der Waals surface area contributed by atoms with Crippen LogP contribution in [-0.4, -0.2) is 23.7 Å². The molecule has 0 bridgehead atoms. The number of nitrogens with zero attached hydrogens (tertiary/aromatic N) is 2. The Hall–Kier alpha value is -2.74. The van der Waals surface area contributed by atoms with E-state index in [0.29, 0.717) is 0 Å². The van der Waals surface area contributed by atoms with E-state index in [1.54, 1.807) is 6.07 Å². The van der Waals surface area contributed by atoms with Gasteiger partial charge in [-0.2, -0.15) is 8.42 Å². The van der Waals surface area contributed by atoms with Gasteiger partial charge in [-0.3, -0.25) is 10.1 Å². The van der Waals surface area contributed by atoms with E-state index in [-0.39, 0.29) is 20.3 Å². The van der Waals surface area contributed by atoms with Crippen molar-refractivity contribution in [3.8, 4) is 0 Å². The van der Waals surface area contributed by atoms with Crippen molar-refractivity contribution in [1.82, 2.24) is 0 Å². The van der Waals surface area contributed by atoms with Gasteiger partial charge in [-0.1, -0.05) is 22.3 Å². The van der Waals surface area contributed by atoms with E-state index in [0.717, 1.165) is 6.21 Å². The molecule has 0 radical (unpaired) electrons. The Morgan fingerprint density at radius 2 is 1.48 bits per heavy atom. The fourth-order valence-electron chi connectivity index (χ4n) is 1.57.